The van der Waals surface area contributed by atoms with Crippen LogP contribution in [0.2, 0.25) is 0 Å². The minimum atomic E-state index is -0.0458. The van der Waals surface area contributed by atoms with Gasteiger partial charge in [0.05, 0.1) is 6.21 Å². The molecule has 0 bridgehead atoms. The number of phenolic OH excluding ortho intramolecular Hbond substituents is 1. The highest BCUT2D eigenvalue weighted by atomic mass is 16.3. The lowest BCUT2D eigenvalue weighted by molar-refractivity contribution is -0.121. The fourth-order valence-corrected chi connectivity index (χ4v) is 1.86. The minimum Gasteiger partial charge on any atom is -0.508 e. The molecule has 0 heterocycles. The van der Waals surface area contributed by atoms with Gasteiger partial charge in [0.15, 0.2) is 0 Å². The largest absolute Gasteiger partial charge is 0.508 e. The maximum atomic E-state index is 11.5. The number of carbonyl (C=O) groups excluding carboxylic acids is 1. The van der Waals surface area contributed by atoms with Crippen molar-refractivity contribution in [1.29, 1.82) is 0 Å². The van der Waals surface area contributed by atoms with E-state index in [0.29, 0.717) is 6.42 Å². The number of benzene rings is 1. The number of rotatable bonds is 9. The molecule has 0 aromatic heterocycles. The van der Waals surface area contributed by atoms with Gasteiger partial charge in [-0.05, 0) is 36.2 Å². The number of hydrazone groups is 1. The van der Waals surface area contributed by atoms with Gasteiger partial charge in [-0.25, -0.2) is 5.43 Å². The van der Waals surface area contributed by atoms with Crippen LogP contribution in [0.1, 0.15) is 57.4 Å². The Hall–Kier alpha value is -1.84. The second-order valence-electron chi connectivity index (χ2n) is 4.90. The first-order valence-electron chi connectivity index (χ1n) is 7.33. The molecule has 4 nitrogen and oxygen atoms in total. The molecular weight excluding hydrogens is 252 g/mol. The van der Waals surface area contributed by atoms with E-state index >= 15 is 0 Å². The molecule has 4 heteroatoms. The fourth-order valence-electron chi connectivity index (χ4n) is 1.86. The van der Waals surface area contributed by atoms with Crippen LogP contribution in [0.25, 0.3) is 0 Å². The van der Waals surface area contributed by atoms with Gasteiger partial charge in [-0.15, -0.1) is 0 Å². The molecule has 0 aliphatic rings. The summed E-state index contributed by atoms with van der Waals surface area (Å²) in [5.41, 5.74) is 3.35. The molecule has 1 aromatic carbocycles. The monoisotopic (exact) mass is 276 g/mol. The van der Waals surface area contributed by atoms with Crippen LogP contribution in [0, 0.1) is 0 Å². The molecule has 0 atom stereocenters. The van der Waals surface area contributed by atoms with Gasteiger partial charge in [0.1, 0.15) is 5.75 Å². The van der Waals surface area contributed by atoms with Crippen LogP contribution >= 0.6 is 0 Å². The van der Waals surface area contributed by atoms with Crippen LogP contribution in [0.3, 0.4) is 0 Å². The molecule has 20 heavy (non-hydrogen) atoms. The number of amides is 1. The third-order valence-corrected chi connectivity index (χ3v) is 3.05. The predicted octanol–water partition coefficient (Wildman–Crippen LogP) is 3.59. The van der Waals surface area contributed by atoms with Crippen molar-refractivity contribution in [3.8, 4) is 5.75 Å². The van der Waals surface area contributed by atoms with Crippen LogP contribution in [0.15, 0.2) is 29.4 Å². The van der Waals surface area contributed by atoms with Crippen LogP contribution < -0.4 is 5.43 Å². The summed E-state index contributed by atoms with van der Waals surface area (Å²) in [5.74, 6) is 0.171. The van der Waals surface area contributed by atoms with E-state index in [1.54, 1.807) is 30.5 Å². The first kappa shape index (κ1) is 16.2. The fraction of sp³-hybridized carbons (Fsp3) is 0.500. The van der Waals surface area contributed by atoms with E-state index in [1.165, 1.54) is 25.7 Å². The van der Waals surface area contributed by atoms with Crippen LogP contribution in [-0.4, -0.2) is 17.2 Å². The summed E-state index contributed by atoms with van der Waals surface area (Å²) in [4.78, 5) is 11.5. The first-order valence-corrected chi connectivity index (χ1v) is 7.33. The molecule has 0 aliphatic heterocycles. The van der Waals surface area contributed by atoms with E-state index in [0.717, 1.165) is 18.4 Å². The molecule has 1 aromatic rings. The summed E-state index contributed by atoms with van der Waals surface area (Å²) in [6.45, 7) is 2.19. The van der Waals surface area contributed by atoms with Gasteiger partial charge in [0, 0.05) is 6.42 Å². The summed E-state index contributed by atoms with van der Waals surface area (Å²) < 4.78 is 0. The van der Waals surface area contributed by atoms with E-state index in [4.69, 9.17) is 5.11 Å². The van der Waals surface area contributed by atoms with Gasteiger partial charge in [-0.3, -0.25) is 4.79 Å². The van der Waals surface area contributed by atoms with Gasteiger partial charge in [0.2, 0.25) is 5.91 Å². The van der Waals surface area contributed by atoms with Gasteiger partial charge < -0.3 is 5.11 Å². The van der Waals surface area contributed by atoms with Gasteiger partial charge in [0.25, 0.3) is 0 Å². The zero-order valence-corrected chi connectivity index (χ0v) is 12.1. The number of carbonyl (C=O) groups is 1. The molecule has 2 N–H and O–H groups in total. The second kappa shape index (κ2) is 10.0. The zero-order valence-electron chi connectivity index (χ0n) is 12.1. The average molecular weight is 276 g/mol. The van der Waals surface area contributed by atoms with E-state index in [-0.39, 0.29) is 11.7 Å². The van der Waals surface area contributed by atoms with E-state index in [9.17, 15) is 4.79 Å². The quantitative estimate of drug-likeness (QED) is 0.411. The summed E-state index contributed by atoms with van der Waals surface area (Å²) >= 11 is 0. The van der Waals surface area contributed by atoms with Crippen LogP contribution in [0.4, 0.5) is 0 Å². The standard InChI is InChI=1S/C16H24N2O2/c1-2-3-4-5-6-7-8-16(20)18-17-13-14-9-11-15(19)12-10-14/h9-13,19H,2-8H2,1H3,(H,18,20)/b17-13+. The normalized spacial score (nSPS) is 10.8. The number of phenols is 1. The topological polar surface area (TPSA) is 61.7 Å². The number of hydrogen-bond acceptors (Lipinski definition) is 3. The third kappa shape index (κ3) is 7.56. The maximum Gasteiger partial charge on any atom is 0.240 e. The summed E-state index contributed by atoms with van der Waals surface area (Å²) in [6.07, 6.45) is 9.11. The van der Waals surface area contributed by atoms with Crippen molar-refractivity contribution in [2.45, 2.75) is 51.9 Å². The lowest BCUT2D eigenvalue weighted by atomic mass is 10.1. The molecule has 0 unspecified atom stereocenters. The zero-order chi connectivity index (χ0) is 14.6. The van der Waals surface area contributed by atoms with E-state index < -0.39 is 0 Å². The highest BCUT2D eigenvalue weighted by Gasteiger charge is 1.99. The SMILES string of the molecule is CCCCCCCCC(=O)N/N=C/c1ccc(O)cc1. The molecular formula is C16H24N2O2. The Bertz CT molecular complexity index is 413. The van der Waals surface area contributed by atoms with E-state index in [2.05, 4.69) is 17.5 Å². The molecule has 0 saturated heterocycles. The molecule has 1 rings (SSSR count). The first-order chi connectivity index (χ1) is 9.72. The van der Waals surface area contributed by atoms with Gasteiger partial charge in [-0.1, -0.05) is 39.0 Å². The number of nitrogens with zero attached hydrogens (tertiary/aromatic N) is 1. The average Bonchev–Trinajstić information content (AvgIpc) is 2.45. The Kier molecular flexibility index (Phi) is 8.11. The highest BCUT2D eigenvalue weighted by molar-refractivity contribution is 5.82. The number of aromatic hydroxyl groups is 1. The van der Waals surface area contributed by atoms with Gasteiger partial charge in [-0.2, -0.15) is 5.10 Å². The summed E-state index contributed by atoms with van der Waals surface area (Å²) in [7, 11) is 0. The lowest BCUT2D eigenvalue weighted by Crippen LogP contribution is -2.16. The molecule has 0 aliphatic carbocycles. The van der Waals surface area contributed by atoms with Crippen molar-refractivity contribution >= 4 is 12.1 Å². The Morgan fingerprint density at radius 3 is 2.50 bits per heavy atom. The smallest absolute Gasteiger partial charge is 0.240 e. The number of hydrogen-bond donors (Lipinski definition) is 2. The Morgan fingerprint density at radius 2 is 1.80 bits per heavy atom. The van der Waals surface area contributed by atoms with E-state index in [1.807, 2.05) is 0 Å². The van der Waals surface area contributed by atoms with Crippen LogP contribution in [-0.2, 0) is 4.79 Å². The Morgan fingerprint density at radius 1 is 1.15 bits per heavy atom. The second-order valence-corrected chi connectivity index (χ2v) is 4.90. The number of unbranched alkanes of at least 4 members (excludes halogenated alkanes) is 5. The van der Waals surface area contributed by atoms with Gasteiger partial charge >= 0.3 is 0 Å². The summed E-state index contributed by atoms with van der Waals surface area (Å²) in [5, 5.41) is 13.0. The molecule has 0 saturated carbocycles. The maximum absolute atomic E-state index is 11.5. The Labute approximate surface area is 120 Å². The lowest BCUT2D eigenvalue weighted by Gasteiger charge is -2.00. The third-order valence-electron chi connectivity index (χ3n) is 3.05. The molecule has 1 amide bonds. The highest BCUT2D eigenvalue weighted by Crippen LogP contribution is 2.08. The van der Waals surface area contributed by atoms with Crippen molar-refractivity contribution in [2.24, 2.45) is 5.10 Å². The molecule has 0 fully saturated rings. The predicted molar refractivity (Wildman–Crippen MR) is 81.8 cm³/mol. The van der Waals surface area contributed by atoms with Crippen molar-refractivity contribution < 1.29 is 9.90 Å². The van der Waals surface area contributed by atoms with Crippen molar-refractivity contribution in [2.75, 3.05) is 0 Å². The molecule has 0 spiro atoms. The number of nitrogens with one attached hydrogen (secondary N) is 1. The molecule has 110 valence electrons. The van der Waals surface area contributed by atoms with Crippen molar-refractivity contribution in [1.82, 2.24) is 5.43 Å². The van der Waals surface area contributed by atoms with Crippen LogP contribution in [0.5, 0.6) is 5.75 Å². The minimum absolute atomic E-state index is 0.0458. The molecule has 0 radical (unpaired) electrons. The Balaban J connectivity index is 2.12. The van der Waals surface area contributed by atoms with Crippen molar-refractivity contribution in [3.63, 3.8) is 0 Å². The summed E-state index contributed by atoms with van der Waals surface area (Å²) in [6, 6.07) is 6.64. The van der Waals surface area contributed by atoms with Crippen molar-refractivity contribution in [3.05, 3.63) is 29.8 Å².